The molecule has 1 aromatic rings. The van der Waals surface area contributed by atoms with Gasteiger partial charge in [-0.15, -0.1) is 6.58 Å². The summed E-state index contributed by atoms with van der Waals surface area (Å²) < 4.78 is 45.2. The molecule has 0 radical (unpaired) electrons. The Balaban J connectivity index is 1.50. The van der Waals surface area contributed by atoms with Crippen LogP contribution in [0.4, 0.5) is 13.2 Å². The zero-order valence-corrected chi connectivity index (χ0v) is 18.7. The first-order valence-corrected chi connectivity index (χ1v) is 11.6. The maximum Gasteiger partial charge on any atom is 0.416 e. The molecule has 0 aromatic heterocycles. The van der Waals surface area contributed by atoms with Gasteiger partial charge in [-0.2, -0.15) is 13.2 Å². The lowest BCUT2D eigenvalue weighted by molar-refractivity contribution is -0.144. The average molecular weight is 451 g/mol. The zero-order valence-electron chi connectivity index (χ0n) is 18.7. The molecule has 2 fully saturated rings. The normalized spacial score (nSPS) is 29.1. The van der Waals surface area contributed by atoms with Crippen LogP contribution in [-0.4, -0.2) is 42.1 Å². The lowest BCUT2D eigenvalue weighted by Crippen LogP contribution is -2.50. The number of fused-ring (bicyclic) bond motifs is 1. The SMILES string of the molecule is C=CCC1Cc2ccc(C(F)(F)F)cc2CN1C(=O)[C@@]1(C)CC[C@@H](NC2CCOCC2)C1. The van der Waals surface area contributed by atoms with E-state index in [4.69, 9.17) is 4.74 Å². The second kappa shape index (κ2) is 9.18. The van der Waals surface area contributed by atoms with Crippen LogP contribution in [0.1, 0.15) is 62.1 Å². The van der Waals surface area contributed by atoms with Crippen molar-refractivity contribution in [3.8, 4) is 0 Å². The van der Waals surface area contributed by atoms with Crippen molar-refractivity contribution in [2.75, 3.05) is 13.2 Å². The Morgan fingerprint density at radius 1 is 1.25 bits per heavy atom. The summed E-state index contributed by atoms with van der Waals surface area (Å²) in [4.78, 5) is 15.6. The lowest BCUT2D eigenvalue weighted by atomic mass is 9.83. The number of benzene rings is 1. The monoisotopic (exact) mass is 450 g/mol. The fourth-order valence-corrected chi connectivity index (χ4v) is 5.59. The number of carbonyl (C=O) groups is 1. The molecule has 2 aliphatic heterocycles. The highest BCUT2D eigenvalue weighted by Gasteiger charge is 2.46. The maximum atomic E-state index is 13.8. The molecule has 1 aliphatic carbocycles. The van der Waals surface area contributed by atoms with E-state index >= 15 is 0 Å². The molecule has 2 heterocycles. The van der Waals surface area contributed by atoms with Crippen molar-refractivity contribution in [3.05, 3.63) is 47.5 Å². The van der Waals surface area contributed by atoms with Gasteiger partial charge in [-0.1, -0.05) is 19.1 Å². The second-order valence-corrected chi connectivity index (χ2v) is 9.85. The van der Waals surface area contributed by atoms with E-state index in [1.807, 2.05) is 11.8 Å². The third-order valence-electron chi connectivity index (χ3n) is 7.42. The van der Waals surface area contributed by atoms with Crippen LogP contribution >= 0.6 is 0 Å². The number of hydrogen-bond acceptors (Lipinski definition) is 3. The Hall–Kier alpha value is -1.86. The highest BCUT2D eigenvalue weighted by molar-refractivity contribution is 5.83. The Labute approximate surface area is 188 Å². The molecular weight excluding hydrogens is 417 g/mol. The molecule has 1 saturated carbocycles. The molecule has 4 rings (SSSR count). The van der Waals surface area contributed by atoms with E-state index in [0.717, 1.165) is 56.9 Å². The smallest absolute Gasteiger partial charge is 0.381 e. The molecule has 4 nitrogen and oxygen atoms in total. The van der Waals surface area contributed by atoms with E-state index in [1.54, 1.807) is 12.1 Å². The van der Waals surface area contributed by atoms with Crippen molar-refractivity contribution in [2.45, 2.75) is 82.7 Å². The molecule has 7 heteroatoms. The number of hydrogen-bond donors (Lipinski definition) is 1. The number of ether oxygens (including phenoxy) is 1. The van der Waals surface area contributed by atoms with Gasteiger partial charge in [-0.3, -0.25) is 4.79 Å². The number of carbonyl (C=O) groups excluding carboxylic acids is 1. The number of amides is 1. The number of rotatable bonds is 5. The molecule has 0 spiro atoms. The molecule has 1 amide bonds. The van der Waals surface area contributed by atoms with Crippen molar-refractivity contribution in [3.63, 3.8) is 0 Å². The van der Waals surface area contributed by atoms with Crippen molar-refractivity contribution in [1.82, 2.24) is 10.2 Å². The summed E-state index contributed by atoms with van der Waals surface area (Å²) in [7, 11) is 0. The van der Waals surface area contributed by atoms with E-state index < -0.39 is 17.2 Å². The molecule has 3 atom stereocenters. The van der Waals surface area contributed by atoms with Crippen LogP contribution < -0.4 is 5.32 Å². The van der Waals surface area contributed by atoms with Crippen LogP contribution in [0.5, 0.6) is 0 Å². The highest BCUT2D eigenvalue weighted by Crippen LogP contribution is 2.42. The van der Waals surface area contributed by atoms with E-state index in [9.17, 15) is 18.0 Å². The molecular formula is C25H33F3N2O2. The summed E-state index contributed by atoms with van der Waals surface area (Å²) >= 11 is 0. The van der Waals surface area contributed by atoms with Gasteiger partial charge in [-0.25, -0.2) is 0 Å². The zero-order chi connectivity index (χ0) is 22.9. The van der Waals surface area contributed by atoms with Crippen LogP contribution in [0.15, 0.2) is 30.9 Å². The van der Waals surface area contributed by atoms with Crippen LogP contribution in [-0.2, 0) is 28.7 Å². The standard InChI is InChI=1S/C25H33F3N2O2/c1-3-4-22-14-17-5-6-19(25(26,27)28)13-18(17)16-30(22)23(31)24(2)10-7-21(15-24)29-20-8-11-32-12-9-20/h3,5-6,13,20-22,29H,1,4,7-12,14-16H2,2H3/t21-,22?,24+/m1/s1. The van der Waals surface area contributed by atoms with Gasteiger partial charge in [-0.05, 0) is 68.2 Å². The Morgan fingerprint density at radius 2 is 2.00 bits per heavy atom. The minimum Gasteiger partial charge on any atom is -0.381 e. The minimum atomic E-state index is -4.39. The highest BCUT2D eigenvalue weighted by atomic mass is 19.4. The summed E-state index contributed by atoms with van der Waals surface area (Å²) in [5, 5.41) is 3.71. The van der Waals surface area contributed by atoms with Gasteiger partial charge in [0.25, 0.3) is 0 Å². The van der Waals surface area contributed by atoms with Gasteiger partial charge in [0.2, 0.25) is 5.91 Å². The fourth-order valence-electron chi connectivity index (χ4n) is 5.59. The number of nitrogens with one attached hydrogen (secondary N) is 1. The van der Waals surface area contributed by atoms with Crippen molar-refractivity contribution in [1.29, 1.82) is 0 Å². The lowest BCUT2D eigenvalue weighted by Gasteiger charge is -2.41. The summed E-state index contributed by atoms with van der Waals surface area (Å²) in [6.45, 7) is 7.63. The third kappa shape index (κ3) is 4.88. The number of alkyl halides is 3. The number of halogens is 3. The predicted molar refractivity (Wildman–Crippen MR) is 117 cm³/mol. The van der Waals surface area contributed by atoms with Gasteiger partial charge in [0.1, 0.15) is 0 Å². The van der Waals surface area contributed by atoms with Crippen molar-refractivity contribution in [2.24, 2.45) is 5.41 Å². The molecule has 176 valence electrons. The first kappa shape index (κ1) is 23.3. The Bertz CT molecular complexity index is 850. The summed E-state index contributed by atoms with van der Waals surface area (Å²) in [5.74, 6) is 0.0590. The van der Waals surface area contributed by atoms with E-state index in [-0.39, 0.29) is 18.5 Å². The first-order chi connectivity index (χ1) is 15.2. The van der Waals surface area contributed by atoms with Crippen LogP contribution in [0.2, 0.25) is 0 Å². The van der Waals surface area contributed by atoms with Gasteiger partial charge >= 0.3 is 6.18 Å². The molecule has 3 aliphatic rings. The van der Waals surface area contributed by atoms with Crippen molar-refractivity contribution >= 4 is 5.91 Å². The fraction of sp³-hybridized carbons (Fsp3) is 0.640. The summed E-state index contributed by atoms with van der Waals surface area (Å²) in [6, 6.07) is 4.59. The molecule has 0 bridgehead atoms. The first-order valence-electron chi connectivity index (χ1n) is 11.6. The van der Waals surface area contributed by atoms with Gasteiger partial charge in [0, 0.05) is 43.3 Å². The quantitative estimate of drug-likeness (QED) is 0.652. The summed E-state index contributed by atoms with van der Waals surface area (Å²) in [5.41, 5.74) is 0.344. The van der Waals surface area contributed by atoms with Crippen molar-refractivity contribution < 1.29 is 22.7 Å². The van der Waals surface area contributed by atoms with Crippen LogP contribution in [0.25, 0.3) is 0 Å². The van der Waals surface area contributed by atoms with Crippen LogP contribution in [0.3, 0.4) is 0 Å². The maximum absolute atomic E-state index is 13.8. The van der Waals surface area contributed by atoms with E-state index in [0.29, 0.717) is 30.5 Å². The van der Waals surface area contributed by atoms with Gasteiger partial charge < -0.3 is 15.0 Å². The van der Waals surface area contributed by atoms with Gasteiger partial charge in [0.05, 0.1) is 5.56 Å². The summed E-state index contributed by atoms with van der Waals surface area (Å²) in [6.07, 6.45) is 3.08. The third-order valence-corrected chi connectivity index (χ3v) is 7.42. The minimum absolute atomic E-state index is 0.0590. The Kier molecular flexibility index (Phi) is 6.68. The molecule has 1 unspecified atom stereocenters. The second-order valence-electron chi connectivity index (χ2n) is 9.85. The van der Waals surface area contributed by atoms with E-state index in [2.05, 4.69) is 11.9 Å². The number of nitrogens with zero attached hydrogens (tertiary/aromatic N) is 1. The topological polar surface area (TPSA) is 41.6 Å². The molecule has 1 N–H and O–H groups in total. The largest absolute Gasteiger partial charge is 0.416 e. The molecule has 1 aromatic carbocycles. The Morgan fingerprint density at radius 3 is 2.69 bits per heavy atom. The molecule has 1 saturated heterocycles. The molecule has 32 heavy (non-hydrogen) atoms. The predicted octanol–water partition coefficient (Wildman–Crippen LogP) is 4.86. The van der Waals surface area contributed by atoms with E-state index in [1.165, 1.54) is 6.07 Å². The average Bonchev–Trinajstić information content (AvgIpc) is 3.14. The van der Waals surface area contributed by atoms with Gasteiger partial charge in [0.15, 0.2) is 0 Å². The van der Waals surface area contributed by atoms with Crippen LogP contribution in [0, 0.1) is 5.41 Å².